The molecule has 6 nitrogen and oxygen atoms in total. The molecule has 0 fully saturated rings. The number of hydrogen-bond donors (Lipinski definition) is 0. The van der Waals surface area contributed by atoms with Crippen molar-refractivity contribution in [1.82, 2.24) is 28.3 Å². The van der Waals surface area contributed by atoms with E-state index in [4.69, 9.17) is 15.3 Å². The van der Waals surface area contributed by atoms with Crippen molar-refractivity contribution in [2.24, 2.45) is 0 Å². The first-order chi connectivity index (χ1) is 10.4. The molecule has 7 heteroatoms. The fourth-order valence-electron chi connectivity index (χ4n) is 2.76. The van der Waals surface area contributed by atoms with Gasteiger partial charge in [0.25, 0.3) is 0 Å². The minimum atomic E-state index is -1.49. The molecule has 0 bridgehead atoms. The maximum Gasteiger partial charge on any atom is 0.501 e. The molecule has 3 aromatic heterocycles. The Balaban J connectivity index is 2.25. The van der Waals surface area contributed by atoms with Gasteiger partial charge < -0.3 is 0 Å². The molecule has 0 aliphatic heterocycles. The second kappa shape index (κ2) is 5.24. The molecule has 0 spiro atoms. The summed E-state index contributed by atoms with van der Waals surface area (Å²) in [5.41, 5.74) is 6.44. The highest BCUT2D eigenvalue weighted by Crippen LogP contribution is 2.12. The van der Waals surface area contributed by atoms with Gasteiger partial charge >= 0.3 is 9.28 Å². The number of hydrogen-bond acceptors (Lipinski definition) is 3. The molecular weight excluding hydrogens is 292 g/mol. The third-order valence-electron chi connectivity index (χ3n) is 3.60. The largest absolute Gasteiger partial charge is 0.501 e. The zero-order valence-electron chi connectivity index (χ0n) is 13.9. The number of rotatable bonds is 3. The highest BCUT2D eigenvalue weighted by molar-refractivity contribution is 6.53. The molecule has 0 amide bonds. The van der Waals surface area contributed by atoms with Crippen LogP contribution in [0.5, 0.6) is 0 Å². The quantitative estimate of drug-likeness (QED) is 0.696. The normalized spacial score (nSPS) is 11.6. The Labute approximate surface area is 132 Å². The van der Waals surface area contributed by atoms with Crippen molar-refractivity contribution in [3.05, 3.63) is 52.4 Å². The molecule has 0 N–H and O–H groups in total. The molecule has 0 saturated heterocycles. The molecule has 3 rings (SSSR count). The summed E-state index contributed by atoms with van der Waals surface area (Å²) in [6.45, 7) is 12.3. The van der Waals surface area contributed by atoms with Gasteiger partial charge in [0.2, 0.25) is 0 Å². The maximum atomic E-state index is 4.70. The van der Waals surface area contributed by atoms with Crippen molar-refractivity contribution >= 4 is 9.28 Å². The molecule has 1 radical (unpaired) electrons. The lowest BCUT2D eigenvalue weighted by atomic mass is 10.4. The third-order valence-corrected chi connectivity index (χ3v) is 6.09. The number of aromatic nitrogens is 6. The van der Waals surface area contributed by atoms with Gasteiger partial charge in [-0.15, -0.1) is 0 Å². The van der Waals surface area contributed by atoms with E-state index in [9.17, 15) is 0 Å². The Morgan fingerprint density at radius 2 is 0.864 bits per heavy atom. The van der Waals surface area contributed by atoms with E-state index in [1.54, 1.807) is 0 Å². The molecule has 3 aromatic rings. The SMILES string of the molecule is Cc1cc(C)n([Si](n2nc(C)cc2C)n2nc(C)cc2C)n1. The van der Waals surface area contributed by atoms with E-state index in [0.717, 1.165) is 34.2 Å². The minimum Gasteiger partial charge on any atom is -0.253 e. The number of aryl methyl sites for hydroxylation is 6. The fourth-order valence-corrected chi connectivity index (χ4v) is 5.18. The monoisotopic (exact) mass is 313 g/mol. The Kier molecular flexibility index (Phi) is 3.52. The van der Waals surface area contributed by atoms with Crippen molar-refractivity contribution in [1.29, 1.82) is 0 Å². The topological polar surface area (TPSA) is 53.5 Å². The van der Waals surface area contributed by atoms with Gasteiger partial charge in [0, 0.05) is 17.1 Å². The highest BCUT2D eigenvalue weighted by atomic mass is 28.3. The highest BCUT2D eigenvalue weighted by Gasteiger charge is 2.30. The van der Waals surface area contributed by atoms with Gasteiger partial charge in [-0.2, -0.15) is 15.3 Å². The van der Waals surface area contributed by atoms with Gasteiger partial charge in [-0.05, 0) is 59.7 Å². The molecule has 0 saturated carbocycles. The Morgan fingerprint density at radius 1 is 0.591 bits per heavy atom. The molecule has 22 heavy (non-hydrogen) atoms. The van der Waals surface area contributed by atoms with E-state index in [-0.39, 0.29) is 0 Å². The van der Waals surface area contributed by atoms with Crippen LogP contribution in [0.2, 0.25) is 0 Å². The summed E-state index contributed by atoms with van der Waals surface area (Å²) in [5, 5.41) is 14.1. The van der Waals surface area contributed by atoms with Crippen LogP contribution >= 0.6 is 0 Å². The van der Waals surface area contributed by atoms with E-state index in [1.807, 2.05) is 20.8 Å². The molecule has 3 heterocycles. The van der Waals surface area contributed by atoms with Crippen LogP contribution in [-0.4, -0.2) is 37.6 Å². The third kappa shape index (κ3) is 2.41. The number of nitrogens with zero attached hydrogens (tertiary/aromatic N) is 6. The van der Waals surface area contributed by atoms with Crippen LogP contribution in [0.3, 0.4) is 0 Å². The molecule has 0 unspecified atom stereocenters. The molecule has 115 valence electrons. The first kappa shape index (κ1) is 14.8. The summed E-state index contributed by atoms with van der Waals surface area (Å²) >= 11 is 0. The van der Waals surface area contributed by atoms with Gasteiger partial charge in [-0.1, -0.05) is 0 Å². The second-order valence-corrected chi connectivity index (χ2v) is 7.69. The lowest BCUT2D eigenvalue weighted by Gasteiger charge is -2.19. The molecule has 0 aliphatic rings. The van der Waals surface area contributed by atoms with Crippen LogP contribution in [0, 0.1) is 41.5 Å². The fraction of sp³-hybridized carbons (Fsp3) is 0.400. The van der Waals surface area contributed by atoms with Crippen molar-refractivity contribution in [3.8, 4) is 0 Å². The van der Waals surface area contributed by atoms with E-state index in [0.29, 0.717) is 0 Å². The average Bonchev–Trinajstić information content (AvgIpc) is 3.02. The van der Waals surface area contributed by atoms with Crippen molar-refractivity contribution < 1.29 is 0 Å². The van der Waals surface area contributed by atoms with Crippen LogP contribution in [-0.2, 0) is 0 Å². The first-order valence-electron chi connectivity index (χ1n) is 7.34. The molecule has 0 atom stereocenters. The predicted octanol–water partition coefficient (Wildman–Crippen LogP) is 2.06. The van der Waals surface area contributed by atoms with Crippen LogP contribution in [0.1, 0.15) is 34.2 Å². The maximum absolute atomic E-state index is 4.70. The Morgan fingerprint density at radius 3 is 1.05 bits per heavy atom. The van der Waals surface area contributed by atoms with Gasteiger partial charge in [-0.3, -0.25) is 13.0 Å². The van der Waals surface area contributed by atoms with E-state index >= 15 is 0 Å². The van der Waals surface area contributed by atoms with Crippen LogP contribution in [0.25, 0.3) is 0 Å². The summed E-state index contributed by atoms with van der Waals surface area (Å²) in [7, 11) is -1.49. The van der Waals surface area contributed by atoms with E-state index in [2.05, 4.69) is 52.0 Å². The van der Waals surface area contributed by atoms with Gasteiger partial charge in [-0.25, -0.2) is 0 Å². The summed E-state index contributed by atoms with van der Waals surface area (Å²) in [6, 6.07) is 6.30. The first-order valence-corrected chi connectivity index (χ1v) is 8.69. The Bertz CT molecular complexity index is 715. The zero-order valence-corrected chi connectivity index (χ0v) is 14.9. The Hall–Kier alpha value is -2.15. The van der Waals surface area contributed by atoms with Crippen LogP contribution in [0.4, 0.5) is 0 Å². The van der Waals surface area contributed by atoms with Crippen LogP contribution < -0.4 is 0 Å². The van der Waals surface area contributed by atoms with Crippen molar-refractivity contribution in [2.75, 3.05) is 0 Å². The lowest BCUT2D eigenvalue weighted by Crippen LogP contribution is -2.45. The van der Waals surface area contributed by atoms with Gasteiger partial charge in [0.05, 0.1) is 17.1 Å². The zero-order chi connectivity index (χ0) is 16.0. The summed E-state index contributed by atoms with van der Waals surface area (Å²) in [6.07, 6.45) is 0. The molecular formula is C15H21N6Si. The summed E-state index contributed by atoms with van der Waals surface area (Å²) in [4.78, 5) is 0. The predicted molar refractivity (Wildman–Crippen MR) is 87.1 cm³/mol. The summed E-state index contributed by atoms with van der Waals surface area (Å²) < 4.78 is 6.25. The lowest BCUT2D eigenvalue weighted by molar-refractivity contribution is 0.730. The summed E-state index contributed by atoms with van der Waals surface area (Å²) in [5.74, 6) is 0. The second-order valence-electron chi connectivity index (χ2n) is 5.82. The van der Waals surface area contributed by atoms with Gasteiger partial charge in [0.1, 0.15) is 0 Å². The van der Waals surface area contributed by atoms with E-state index in [1.165, 1.54) is 0 Å². The minimum absolute atomic E-state index is 1.02. The van der Waals surface area contributed by atoms with Crippen molar-refractivity contribution in [2.45, 2.75) is 41.5 Å². The van der Waals surface area contributed by atoms with Crippen LogP contribution in [0.15, 0.2) is 18.2 Å². The van der Waals surface area contributed by atoms with Gasteiger partial charge in [0.15, 0.2) is 0 Å². The molecule has 0 aliphatic carbocycles. The standard InChI is InChI=1S/C15H21N6Si/c1-10-7-13(4)19(16-10)22(20-14(5)8-11(2)17-20)21-15(6)9-12(3)18-21/h7-9H,1-6H3. The molecule has 0 aromatic carbocycles. The van der Waals surface area contributed by atoms with Crippen molar-refractivity contribution in [3.63, 3.8) is 0 Å². The van der Waals surface area contributed by atoms with E-state index < -0.39 is 9.28 Å². The smallest absolute Gasteiger partial charge is 0.253 e. The average molecular weight is 313 g/mol.